The van der Waals surface area contributed by atoms with E-state index in [1.54, 1.807) is 0 Å². The van der Waals surface area contributed by atoms with E-state index < -0.39 is 16.9 Å². The maximum Gasteiger partial charge on any atom is 0.341 e. The summed E-state index contributed by atoms with van der Waals surface area (Å²) in [7, 11) is 1.24. The molecule has 0 saturated heterocycles. The Morgan fingerprint density at radius 2 is 1.69 bits per heavy atom. The summed E-state index contributed by atoms with van der Waals surface area (Å²) in [5, 5.41) is 6.22. The smallest absolute Gasteiger partial charge is 0.341 e. The van der Waals surface area contributed by atoms with Crippen molar-refractivity contribution < 1.29 is 14.3 Å². The molecule has 8 nitrogen and oxygen atoms in total. The summed E-state index contributed by atoms with van der Waals surface area (Å²) < 4.78 is 6.13. The van der Waals surface area contributed by atoms with Gasteiger partial charge >= 0.3 is 5.97 Å². The maximum atomic E-state index is 13.3. The second-order valence-corrected chi connectivity index (χ2v) is 7.82. The first-order valence-corrected chi connectivity index (χ1v) is 10.1. The number of fused-ring (bicyclic) bond motifs is 1. The maximum absolute atomic E-state index is 13.3. The van der Waals surface area contributed by atoms with Crippen LogP contribution in [0.4, 0.5) is 0 Å². The number of aromatic amines is 1. The fourth-order valence-corrected chi connectivity index (χ4v) is 4.42. The van der Waals surface area contributed by atoms with Gasteiger partial charge < -0.3 is 4.74 Å². The third kappa shape index (κ3) is 3.08. The highest BCUT2D eigenvalue weighted by Crippen LogP contribution is 2.59. The SMILES string of the molecule is COC(=O)c1cn(NC(=O)[C@H]2CC2(c2ccccc2)c2ccccc2)cc2c(=O)[nH]nc1-2. The molecule has 1 aliphatic carbocycles. The molecule has 0 unspecified atom stereocenters. The number of nitrogens with one attached hydrogen (secondary N) is 2. The van der Waals surface area contributed by atoms with Gasteiger partial charge in [-0.05, 0) is 17.5 Å². The first-order valence-electron chi connectivity index (χ1n) is 10.1. The lowest BCUT2D eigenvalue weighted by atomic mass is 9.85. The number of aromatic nitrogens is 3. The molecule has 1 amide bonds. The number of carbonyl (C=O) groups excluding carboxylic acids is 2. The van der Waals surface area contributed by atoms with Crippen LogP contribution in [-0.2, 0) is 14.9 Å². The number of rotatable bonds is 5. The van der Waals surface area contributed by atoms with Crippen LogP contribution in [0.15, 0.2) is 77.9 Å². The Morgan fingerprint density at radius 3 is 2.28 bits per heavy atom. The summed E-state index contributed by atoms with van der Waals surface area (Å²) >= 11 is 0. The molecule has 1 fully saturated rings. The summed E-state index contributed by atoms with van der Waals surface area (Å²) in [5.41, 5.74) is 4.53. The molecule has 3 aliphatic rings. The van der Waals surface area contributed by atoms with Crippen LogP contribution in [0.25, 0.3) is 11.3 Å². The number of ether oxygens (including phenoxy) is 1. The highest BCUT2D eigenvalue weighted by atomic mass is 16.5. The Labute approximate surface area is 183 Å². The highest BCUT2D eigenvalue weighted by molar-refractivity contribution is 5.97. The number of esters is 1. The van der Waals surface area contributed by atoms with Gasteiger partial charge in [0.2, 0.25) is 5.91 Å². The van der Waals surface area contributed by atoms with Gasteiger partial charge in [-0.3, -0.25) is 19.7 Å². The van der Waals surface area contributed by atoms with Crippen molar-refractivity contribution in [2.24, 2.45) is 5.92 Å². The van der Waals surface area contributed by atoms with Crippen LogP contribution in [-0.4, -0.2) is 33.9 Å². The van der Waals surface area contributed by atoms with E-state index in [0.29, 0.717) is 6.42 Å². The monoisotopic (exact) mass is 428 g/mol. The minimum atomic E-state index is -0.653. The first-order chi connectivity index (χ1) is 15.5. The molecule has 0 aromatic heterocycles. The molecule has 32 heavy (non-hydrogen) atoms. The van der Waals surface area contributed by atoms with Crippen LogP contribution >= 0.6 is 0 Å². The van der Waals surface area contributed by atoms with E-state index in [9.17, 15) is 14.4 Å². The third-order valence-corrected chi connectivity index (χ3v) is 6.06. The molecule has 2 aromatic rings. The first kappa shape index (κ1) is 19.7. The third-order valence-electron chi connectivity index (χ3n) is 6.06. The van der Waals surface area contributed by atoms with Gasteiger partial charge in [0.1, 0.15) is 11.3 Å². The van der Waals surface area contributed by atoms with Crippen LogP contribution in [0, 0.1) is 5.92 Å². The molecule has 0 bridgehead atoms. The van der Waals surface area contributed by atoms with Gasteiger partial charge in [0.25, 0.3) is 5.56 Å². The average Bonchev–Trinajstić information content (AvgIpc) is 3.50. The van der Waals surface area contributed by atoms with E-state index in [2.05, 4.69) is 15.6 Å². The zero-order valence-corrected chi connectivity index (χ0v) is 17.2. The van der Waals surface area contributed by atoms with Gasteiger partial charge in [-0.15, -0.1) is 0 Å². The van der Waals surface area contributed by atoms with E-state index in [1.807, 2.05) is 60.7 Å². The van der Waals surface area contributed by atoms with Gasteiger partial charge in [-0.2, -0.15) is 5.10 Å². The van der Waals surface area contributed by atoms with Crippen molar-refractivity contribution in [3.8, 4) is 11.3 Å². The van der Waals surface area contributed by atoms with Gasteiger partial charge in [0.15, 0.2) is 0 Å². The van der Waals surface area contributed by atoms with Crippen molar-refractivity contribution in [2.75, 3.05) is 12.5 Å². The predicted molar refractivity (Wildman–Crippen MR) is 117 cm³/mol. The van der Waals surface area contributed by atoms with Crippen molar-refractivity contribution in [3.63, 3.8) is 0 Å². The molecular weight excluding hydrogens is 408 g/mol. The standard InChI is InChI=1S/C24H20N4O4/c1-32-23(31)18-14-28(13-17-20(18)25-26-21(17)29)27-22(30)19-12-24(19,15-8-4-2-5-9-15)16-10-6-3-7-11-16/h2-11,13-14,19H,12H2,1H3,(H,26,29)(H,27,30)/t19-/m1/s1. The number of hydrogen-bond donors (Lipinski definition) is 2. The minimum Gasteiger partial charge on any atom is -0.465 e. The normalized spacial score (nSPS) is 16.5. The second kappa shape index (κ2) is 7.49. The largest absolute Gasteiger partial charge is 0.465 e. The van der Waals surface area contributed by atoms with Crippen molar-refractivity contribution in [2.45, 2.75) is 11.8 Å². The van der Waals surface area contributed by atoms with Crippen LogP contribution in [0.1, 0.15) is 27.9 Å². The summed E-state index contributed by atoms with van der Waals surface area (Å²) in [6, 6.07) is 19.9. The van der Waals surface area contributed by atoms with E-state index in [1.165, 1.54) is 24.2 Å². The number of amides is 1. The topological polar surface area (TPSA) is 106 Å². The number of pyridine rings is 1. The van der Waals surface area contributed by atoms with Gasteiger partial charge in [0, 0.05) is 17.8 Å². The summed E-state index contributed by atoms with van der Waals surface area (Å²) in [5.74, 6) is -1.18. The quantitative estimate of drug-likeness (QED) is 0.475. The Bertz CT molecular complexity index is 1290. The number of methoxy groups -OCH3 is 1. The van der Waals surface area contributed by atoms with Crippen molar-refractivity contribution in [3.05, 3.63) is 100 Å². The summed E-state index contributed by atoms with van der Waals surface area (Å²) in [6.07, 6.45) is 3.50. The number of H-pyrrole nitrogens is 1. The van der Waals surface area contributed by atoms with Gasteiger partial charge in [0.05, 0.1) is 18.6 Å². The lowest BCUT2D eigenvalue weighted by Gasteiger charge is -2.19. The Hall–Kier alpha value is -4.20. The van der Waals surface area contributed by atoms with Gasteiger partial charge in [-0.1, -0.05) is 60.7 Å². The minimum absolute atomic E-state index is 0.0804. The lowest BCUT2D eigenvalue weighted by molar-refractivity contribution is -0.118. The van der Waals surface area contributed by atoms with Crippen LogP contribution in [0.3, 0.4) is 0 Å². The van der Waals surface area contributed by atoms with Crippen LogP contribution in [0.5, 0.6) is 0 Å². The molecule has 1 atom stereocenters. The molecule has 160 valence electrons. The Kier molecular flexibility index (Phi) is 4.62. The molecular formula is C24H20N4O4. The van der Waals surface area contributed by atoms with E-state index >= 15 is 0 Å². The number of nitrogens with zero attached hydrogens (tertiary/aromatic N) is 2. The van der Waals surface area contributed by atoms with Crippen LogP contribution < -0.4 is 11.0 Å². The van der Waals surface area contributed by atoms with Crippen molar-refractivity contribution in [1.29, 1.82) is 0 Å². The zero-order valence-electron chi connectivity index (χ0n) is 17.2. The Morgan fingerprint density at radius 1 is 1.06 bits per heavy atom. The van der Waals surface area contributed by atoms with Crippen LogP contribution in [0.2, 0.25) is 0 Å². The number of benzene rings is 2. The number of hydrogen-bond acceptors (Lipinski definition) is 5. The van der Waals surface area contributed by atoms with E-state index in [0.717, 1.165) is 11.1 Å². The van der Waals surface area contributed by atoms with E-state index in [-0.39, 0.29) is 28.6 Å². The average molecular weight is 428 g/mol. The van der Waals surface area contributed by atoms with Crippen molar-refractivity contribution in [1.82, 2.24) is 14.9 Å². The molecule has 0 spiro atoms. The number of carbonyl (C=O) groups is 2. The molecule has 8 heteroatoms. The van der Waals surface area contributed by atoms with Gasteiger partial charge in [-0.25, -0.2) is 9.89 Å². The zero-order chi connectivity index (χ0) is 22.3. The molecule has 0 radical (unpaired) electrons. The lowest BCUT2D eigenvalue weighted by Crippen LogP contribution is -2.29. The molecule has 2 aromatic carbocycles. The highest BCUT2D eigenvalue weighted by Gasteiger charge is 2.60. The molecule has 1 saturated carbocycles. The second-order valence-electron chi connectivity index (χ2n) is 7.82. The summed E-state index contributed by atoms with van der Waals surface area (Å²) in [4.78, 5) is 37.6. The predicted octanol–water partition coefficient (Wildman–Crippen LogP) is 2.54. The van der Waals surface area contributed by atoms with E-state index in [4.69, 9.17) is 4.74 Å². The molecule has 5 rings (SSSR count). The molecule has 2 heterocycles. The Balaban J connectivity index is 1.50. The molecule has 2 N–H and O–H groups in total. The molecule has 2 aliphatic heterocycles. The van der Waals surface area contributed by atoms with Crippen molar-refractivity contribution >= 4 is 11.9 Å². The summed E-state index contributed by atoms with van der Waals surface area (Å²) in [6.45, 7) is 0. The fourth-order valence-electron chi connectivity index (χ4n) is 4.42. The fraction of sp³-hybridized carbons (Fsp3) is 0.167.